The molecule has 2 atom stereocenters. The first-order valence-electron chi connectivity index (χ1n) is 11.7. The van der Waals surface area contributed by atoms with Crippen LogP contribution in [0, 0.1) is 11.3 Å². The highest BCUT2D eigenvalue weighted by Gasteiger charge is 2.42. The maximum absolute atomic E-state index is 12.8. The van der Waals surface area contributed by atoms with Crippen molar-refractivity contribution >= 4 is 16.5 Å². The van der Waals surface area contributed by atoms with Crippen LogP contribution in [0.25, 0.3) is 0 Å². The minimum atomic E-state index is -0.218. The van der Waals surface area contributed by atoms with Gasteiger partial charge in [-0.25, -0.2) is 0 Å². The Bertz CT molecular complexity index is 332. The van der Waals surface area contributed by atoms with Gasteiger partial charge in [-0.15, -0.1) is 0 Å². The lowest BCUT2D eigenvalue weighted by atomic mass is 9.68. The lowest BCUT2D eigenvalue weighted by molar-refractivity contribution is -0.150. The molecule has 0 aromatic heterocycles. The Kier molecular flexibility index (Phi) is 16.6. The number of hydrogen-bond donors (Lipinski definition) is 0. The zero-order valence-electron chi connectivity index (χ0n) is 18.7. The molecule has 0 heterocycles. The van der Waals surface area contributed by atoms with E-state index in [1.165, 1.54) is 83.5 Å². The van der Waals surface area contributed by atoms with Crippen LogP contribution in [-0.4, -0.2) is 16.5 Å². The predicted molar refractivity (Wildman–Crippen MR) is 119 cm³/mol. The highest BCUT2D eigenvalue weighted by molar-refractivity contribution is 6.06. The van der Waals surface area contributed by atoms with Crippen molar-refractivity contribution in [2.75, 3.05) is 0 Å². The first-order chi connectivity index (χ1) is 12.6. The Morgan fingerprint density at radius 2 is 1.27 bits per heavy atom. The molecule has 0 radical (unpaired) electrons. The third-order valence-corrected chi connectivity index (χ3v) is 6.57. The monoisotopic (exact) mass is 384 g/mol. The first kappa shape index (κ1) is 25.7. The normalized spacial score (nSPS) is 14.9. The SMILES string of the molecule is CCCCCCCCC(C)C(CCC)(CCCCCCCC)C(=O)O[SiH3]. The van der Waals surface area contributed by atoms with Crippen molar-refractivity contribution < 1.29 is 9.22 Å². The summed E-state index contributed by atoms with van der Waals surface area (Å²) in [6, 6.07) is 0. The molecule has 0 saturated carbocycles. The van der Waals surface area contributed by atoms with E-state index in [0.29, 0.717) is 16.4 Å². The molecule has 0 aliphatic heterocycles. The highest BCUT2D eigenvalue weighted by atomic mass is 28.2. The quantitative estimate of drug-likeness (QED) is 0.193. The van der Waals surface area contributed by atoms with E-state index in [9.17, 15) is 4.79 Å². The molecule has 2 unspecified atom stereocenters. The second-order valence-electron chi connectivity index (χ2n) is 8.37. The van der Waals surface area contributed by atoms with Gasteiger partial charge in [-0.3, -0.25) is 4.79 Å². The zero-order chi connectivity index (χ0) is 19.7. The van der Waals surface area contributed by atoms with E-state index in [-0.39, 0.29) is 11.4 Å². The minimum absolute atomic E-state index is 0.109. The van der Waals surface area contributed by atoms with Gasteiger partial charge in [0, 0.05) is 0 Å². The molecule has 0 rings (SSSR count). The molecule has 0 aliphatic carbocycles. The van der Waals surface area contributed by atoms with E-state index in [1.807, 2.05) is 0 Å². The van der Waals surface area contributed by atoms with Gasteiger partial charge >= 0.3 is 0 Å². The zero-order valence-corrected chi connectivity index (χ0v) is 20.7. The number of carbonyl (C=O) groups is 1. The van der Waals surface area contributed by atoms with Gasteiger partial charge in [0.25, 0.3) is 5.97 Å². The topological polar surface area (TPSA) is 26.3 Å². The molecule has 0 aromatic rings. The Morgan fingerprint density at radius 1 is 0.769 bits per heavy atom. The van der Waals surface area contributed by atoms with Crippen molar-refractivity contribution in [2.24, 2.45) is 11.3 Å². The van der Waals surface area contributed by atoms with Crippen molar-refractivity contribution in [1.82, 2.24) is 0 Å². The van der Waals surface area contributed by atoms with Gasteiger partial charge in [0.1, 0.15) is 0 Å². The third-order valence-electron chi connectivity index (χ3n) is 6.20. The Morgan fingerprint density at radius 3 is 1.77 bits per heavy atom. The summed E-state index contributed by atoms with van der Waals surface area (Å²) in [5.74, 6) is 0.559. The maximum atomic E-state index is 12.8. The van der Waals surface area contributed by atoms with Crippen LogP contribution in [0.3, 0.4) is 0 Å². The van der Waals surface area contributed by atoms with Gasteiger partial charge in [0.2, 0.25) is 10.5 Å². The van der Waals surface area contributed by atoms with E-state index < -0.39 is 0 Å². The largest absolute Gasteiger partial charge is 0.528 e. The smallest absolute Gasteiger partial charge is 0.298 e. The van der Waals surface area contributed by atoms with Crippen molar-refractivity contribution in [3.05, 3.63) is 0 Å². The summed E-state index contributed by atoms with van der Waals surface area (Å²) in [4.78, 5) is 12.8. The molecule has 26 heavy (non-hydrogen) atoms. The van der Waals surface area contributed by atoms with E-state index in [0.717, 1.165) is 19.3 Å². The molecule has 3 heteroatoms. The van der Waals surface area contributed by atoms with Crippen molar-refractivity contribution in [1.29, 1.82) is 0 Å². The van der Waals surface area contributed by atoms with Crippen LogP contribution in [0.1, 0.15) is 130 Å². The fourth-order valence-corrected chi connectivity index (χ4v) is 4.81. The molecule has 0 fully saturated rings. The number of unbranched alkanes of at least 4 members (excludes halogenated alkanes) is 10. The van der Waals surface area contributed by atoms with Gasteiger partial charge in [0.05, 0.1) is 5.41 Å². The van der Waals surface area contributed by atoms with Crippen LogP contribution in [-0.2, 0) is 9.22 Å². The van der Waals surface area contributed by atoms with Crippen molar-refractivity contribution in [3.63, 3.8) is 0 Å². The molecule has 2 nitrogen and oxygen atoms in total. The molecule has 0 spiro atoms. The van der Waals surface area contributed by atoms with Gasteiger partial charge in [-0.05, 0) is 25.2 Å². The second kappa shape index (κ2) is 16.8. The molecule has 156 valence electrons. The number of hydrogen-bond acceptors (Lipinski definition) is 2. The average molecular weight is 385 g/mol. The molecular formula is C23H48O2Si. The summed E-state index contributed by atoms with van der Waals surface area (Å²) in [5, 5.41) is 0. The van der Waals surface area contributed by atoms with Crippen LogP contribution in [0.4, 0.5) is 0 Å². The molecular weight excluding hydrogens is 336 g/mol. The summed E-state index contributed by atoms with van der Waals surface area (Å²) < 4.78 is 5.44. The summed E-state index contributed by atoms with van der Waals surface area (Å²) in [7, 11) is 0.524. The summed E-state index contributed by atoms with van der Waals surface area (Å²) >= 11 is 0. The van der Waals surface area contributed by atoms with Crippen LogP contribution in [0.5, 0.6) is 0 Å². The van der Waals surface area contributed by atoms with E-state index in [1.54, 1.807) is 0 Å². The Labute approximate surface area is 167 Å². The summed E-state index contributed by atoms with van der Waals surface area (Å²) in [6.45, 7) is 9.06. The molecule has 0 aliphatic rings. The van der Waals surface area contributed by atoms with Crippen molar-refractivity contribution in [3.8, 4) is 0 Å². The molecule has 0 bridgehead atoms. The minimum Gasteiger partial charge on any atom is -0.528 e. The van der Waals surface area contributed by atoms with Crippen LogP contribution in [0.2, 0.25) is 0 Å². The van der Waals surface area contributed by atoms with Crippen LogP contribution >= 0.6 is 0 Å². The molecule has 0 saturated heterocycles. The average Bonchev–Trinajstić information content (AvgIpc) is 2.65. The standard InChI is InChI=1S/C23H48O2Si/c1-5-8-10-12-14-16-18-21(4)23(19-7-3,22(24)25-26)20-17-15-13-11-9-6-2/h21H,5-20H2,1-4,26H3. The lowest BCUT2D eigenvalue weighted by Gasteiger charge is -2.37. The predicted octanol–water partition coefficient (Wildman–Crippen LogP) is 6.73. The van der Waals surface area contributed by atoms with E-state index in [2.05, 4.69) is 27.7 Å². The maximum Gasteiger partial charge on any atom is 0.298 e. The van der Waals surface area contributed by atoms with Gasteiger partial charge < -0.3 is 4.43 Å². The molecule has 0 amide bonds. The summed E-state index contributed by atoms with van der Waals surface area (Å²) in [6.07, 6.45) is 20.0. The van der Waals surface area contributed by atoms with Gasteiger partial charge in [0.15, 0.2) is 0 Å². The first-order valence-corrected chi connectivity index (χ1v) is 12.5. The Hall–Kier alpha value is -0.313. The Balaban J connectivity index is 4.60. The van der Waals surface area contributed by atoms with E-state index >= 15 is 0 Å². The van der Waals surface area contributed by atoms with Gasteiger partial charge in [-0.2, -0.15) is 0 Å². The lowest BCUT2D eigenvalue weighted by Crippen LogP contribution is -2.39. The number of rotatable bonds is 18. The third kappa shape index (κ3) is 10.1. The second-order valence-corrected chi connectivity index (χ2v) is 8.78. The fourth-order valence-electron chi connectivity index (χ4n) is 4.40. The van der Waals surface area contributed by atoms with Crippen LogP contribution in [0.15, 0.2) is 0 Å². The van der Waals surface area contributed by atoms with Crippen molar-refractivity contribution in [2.45, 2.75) is 130 Å². The summed E-state index contributed by atoms with van der Waals surface area (Å²) in [5.41, 5.74) is -0.218. The highest BCUT2D eigenvalue weighted by Crippen LogP contribution is 2.42. The molecule has 0 aromatic carbocycles. The van der Waals surface area contributed by atoms with Crippen LogP contribution < -0.4 is 0 Å². The fraction of sp³-hybridized carbons (Fsp3) is 0.957. The van der Waals surface area contributed by atoms with Gasteiger partial charge in [-0.1, -0.05) is 111 Å². The van der Waals surface area contributed by atoms with E-state index in [4.69, 9.17) is 4.43 Å². The molecule has 0 N–H and O–H groups in total. The number of carbonyl (C=O) groups excluding carboxylic acids is 1.